The molecule has 1 amide bonds. The Hall–Kier alpha value is -3.92. The molecular weight excluding hydrogens is 430 g/mol. The summed E-state index contributed by atoms with van der Waals surface area (Å²) < 4.78 is 10.6. The summed E-state index contributed by atoms with van der Waals surface area (Å²) in [5, 5.41) is 22.5. The number of ketones is 1. The number of hydrogen-bond acceptors (Lipinski definition) is 8. The Bertz CT molecular complexity index is 1160. The third-order valence-corrected chi connectivity index (χ3v) is 5.59. The van der Waals surface area contributed by atoms with Gasteiger partial charge in [-0.15, -0.1) is 0 Å². The smallest absolute Gasteiger partial charge is 0.295 e. The number of nitro groups is 1. The minimum Gasteiger partial charge on any atom is -0.507 e. The highest BCUT2D eigenvalue weighted by atomic mass is 16.7. The van der Waals surface area contributed by atoms with Crippen molar-refractivity contribution in [3.63, 3.8) is 0 Å². The summed E-state index contributed by atoms with van der Waals surface area (Å²) in [5.74, 6) is -1.06. The molecule has 2 aromatic rings. The third-order valence-electron chi connectivity index (χ3n) is 5.59. The first kappa shape index (κ1) is 22.3. The lowest BCUT2D eigenvalue weighted by Crippen LogP contribution is -2.32. The lowest BCUT2D eigenvalue weighted by molar-refractivity contribution is -0.384. The van der Waals surface area contributed by atoms with Crippen LogP contribution in [0, 0.1) is 10.1 Å². The molecule has 2 heterocycles. The number of hydrogen-bond donors (Lipinski definition) is 1. The van der Waals surface area contributed by atoms with Crippen molar-refractivity contribution in [1.29, 1.82) is 0 Å². The van der Waals surface area contributed by atoms with E-state index in [9.17, 15) is 24.8 Å². The molecule has 4 rings (SSSR count). The van der Waals surface area contributed by atoms with E-state index in [4.69, 9.17) is 9.47 Å². The summed E-state index contributed by atoms with van der Waals surface area (Å²) >= 11 is 0. The molecule has 10 heteroatoms. The van der Waals surface area contributed by atoms with Crippen LogP contribution in [0.1, 0.15) is 23.6 Å². The molecule has 0 aromatic heterocycles. The molecule has 172 valence electrons. The summed E-state index contributed by atoms with van der Waals surface area (Å²) in [6.07, 6.45) is 0.579. The summed E-state index contributed by atoms with van der Waals surface area (Å²) in [4.78, 5) is 40.1. The highest BCUT2D eigenvalue weighted by molar-refractivity contribution is 6.46. The number of aliphatic hydroxyl groups is 1. The van der Waals surface area contributed by atoms with Crippen LogP contribution in [0.4, 0.5) is 5.69 Å². The number of rotatable bonds is 7. The van der Waals surface area contributed by atoms with Crippen molar-refractivity contribution in [1.82, 2.24) is 9.80 Å². The van der Waals surface area contributed by atoms with Crippen molar-refractivity contribution in [2.24, 2.45) is 0 Å². The first-order valence-electron chi connectivity index (χ1n) is 10.4. The number of likely N-dealkylation sites (tertiary alicyclic amines) is 1. The number of carbonyl (C=O) groups is 2. The Morgan fingerprint density at radius 3 is 2.67 bits per heavy atom. The van der Waals surface area contributed by atoms with E-state index in [0.29, 0.717) is 30.0 Å². The van der Waals surface area contributed by atoms with Gasteiger partial charge in [-0.2, -0.15) is 0 Å². The van der Waals surface area contributed by atoms with Gasteiger partial charge in [0.1, 0.15) is 5.76 Å². The van der Waals surface area contributed by atoms with E-state index >= 15 is 0 Å². The zero-order valence-electron chi connectivity index (χ0n) is 18.2. The fourth-order valence-electron chi connectivity index (χ4n) is 4.02. The van der Waals surface area contributed by atoms with Crippen LogP contribution in [0.2, 0.25) is 0 Å². The van der Waals surface area contributed by atoms with Crippen LogP contribution in [-0.4, -0.2) is 65.5 Å². The van der Waals surface area contributed by atoms with E-state index in [0.717, 1.165) is 0 Å². The SMILES string of the molecule is CN(C)CCCN1C(=O)C(=O)C(=C(O)c2ccc3c(c2)OCO3)C1c1cccc([N+](=O)[O-])c1. The quantitative estimate of drug-likeness (QED) is 0.223. The number of amides is 1. The fraction of sp³-hybridized carbons (Fsp3) is 0.304. The molecule has 2 aromatic carbocycles. The van der Waals surface area contributed by atoms with Gasteiger partial charge in [-0.3, -0.25) is 19.7 Å². The maximum atomic E-state index is 13.1. The number of benzene rings is 2. The van der Waals surface area contributed by atoms with Crippen molar-refractivity contribution in [2.45, 2.75) is 12.5 Å². The third kappa shape index (κ3) is 4.24. The second kappa shape index (κ2) is 8.91. The average Bonchev–Trinajstić information content (AvgIpc) is 3.36. The topological polar surface area (TPSA) is 122 Å². The van der Waals surface area contributed by atoms with Crippen molar-refractivity contribution in [2.75, 3.05) is 34.0 Å². The molecule has 1 N–H and O–H groups in total. The van der Waals surface area contributed by atoms with E-state index in [1.807, 2.05) is 19.0 Å². The van der Waals surface area contributed by atoms with Gasteiger partial charge in [0.15, 0.2) is 11.5 Å². The van der Waals surface area contributed by atoms with Crippen LogP contribution in [0.3, 0.4) is 0 Å². The second-order valence-corrected chi connectivity index (χ2v) is 8.07. The number of Topliss-reactive ketones (excluding diaryl/α,β-unsaturated/α-hetero) is 1. The fourth-order valence-corrected chi connectivity index (χ4v) is 4.02. The molecule has 0 bridgehead atoms. The van der Waals surface area contributed by atoms with Crippen LogP contribution in [0.25, 0.3) is 5.76 Å². The van der Waals surface area contributed by atoms with Crippen LogP contribution in [0.5, 0.6) is 11.5 Å². The van der Waals surface area contributed by atoms with Crippen molar-refractivity contribution in [3.05, 3.63) is 69.3 Å². The van der Waals surface area contributed by atoms with Crippen molar-refractivity contribution in [3.8, 4) is 11.5 Å². The molecule has 10 nitrogen and oxygen atoms in total. The van der Waals surface area contributed by atoms with Crippen LogP contribution >= 0.6 is 0 Å². The predicted molar refractivity (Wildman–Crippen MR) is 118 cm³/mol. The van der Waals surface area contributed by atoms with Gasteiger partial charge in [0.2, 0.25) is 6.79 Å². The molecule has 1 unspecified atom stereocenters. The molecule has 0 spiro atoms. The van der Waals surface area contributed by atoms with E-state index in [1.54, 1.807) is 18.2 Å². The number of non-ortho nitro benzene ring substituents is 1. The first-order chi connectivity index (χ1) is 15.8. The highest BCUT2D eigenvalue weighted by Gasteiger charge is 2.46. The van der Waals surface area contributed by atoms with Crippen molar-refractivity contribution >= 4 is 23.1 Å². The molecule has 1 fully saturated rings. The van der Waals surface area contributed by atoms with Crippen LogP contribution < -0.4 is 9.47 Å². The maximum absolute atomic E-state index is 13.1. The number of nitro benzene ring substituents is 1. The second-order valence-electron chi connectivity index (χ2n) is 8.07. The number of fused-ring (bicyclic) bond motifs is 1. The molecule has 0 radical (unpaired) electrons. The van der Waals surface area contributed by atoms with E-state index in [-0.39, 0.29) is 35.9 Å². The highest BCUT2D eigenvalue weighted by Crippen LogP contribution is 2.42. The van der Waals surface area contributed by atoms with Crippen molar-refractivity contribution < 1.29 is 29.1 Å². The van der Waals surface area contributed by atoms with Gasteiger partial charge in [-0.1, -0.05) is 12.1 Å². The zero-order valence-corrected chi connectivity index (χ0v) is 18.2. The minimum absolute atomic E-state index is 0.0451. The van der Waals surface area contributed by atoms with Crippen LogP contribution in [0.15, 0.2) is 48.0 Å². The Morgan fingerprint density at radius 2 is 1.94 bits per heavy atom. The number of ether oxygens (including phenoxy) is 2. The minimum atomic E-state index is -0.961. The molecule has 2 aliphatic rings. The van der Waals surface area contributed by atoms with Gasteiger partial charge in [-0.05, 0) is 50.8 Å². The molecule has 0 aliphatic carbocycles. The zero-order chi connectivity index (χ0) is 23.7. The van der Waals surface area contributed by atoms with E-state index in [1.165, 1.54) is 29.2 Å². The molecule has 0 saturated carbocycles. The summed E-state index contributed by atoms with van der Waals surface area (Å²) in [7, 11) is 3.79. The number of carbonyl (C=O) groups excluding carboxylic acids is 2. The Kier molecular flexibility index (Phi) is 6.01. The average molecular weight is 453 g/mol. The van der Waals surface area contributed by atoms with Crippen LogP contribution in [-0.2, 0) is 9.59 Å². The monoisotopic (exact) mass is 453 g/mol. The molecule has 1 atom stereocenters. The first-order valence-corrected chi connectivity index (χ1v) is 10.4. The Labute approximate surface area is 189 Å². The summed E-state index contributed by atoms with van der Waals surface area (Å²) in [6.45, 7) is 0.963. The van der Waals surface area contributed by atoms with Gasteiger partial charge < -0.3 is 24.4 Å². The molecule has 33 heavy (non-hydrogen) atoms. The maximum Gasteiger partial charge on any atom is 0.295 e. The van der Waals surface area contributed by atoms with Gasteiger partial charge in [0.05, 0.1) is 16.5 Å². The van der Waals surface area contributed by atoms with Gasteiger partial charge in [0, 0.05) is 24.2 Å². The van der Waals surface area contributed by atoms with E-state index < -0.39 is 22.7 Å². The number of nitrogens with zero attached hydrogens (tertiary/aromatic N) is 3. The normalized spacial score (nSPS) is 18.9. The van der Waals surface area contributed by atoms with Gasteiger partial charge in [-0.25, -0.2) is 0 Å². The number of aliphatic hydroxyl groups excluding tert-OH is 1. The molecular formula is C23H23N3O7. The lowest BCUT2D eigenvalue weighted by atomic mass is 9.95. The Balaban J connectivity index is 1.81. The molecule has 2 aliphatic heterocycles. The van der Waals surface area contributed by atoms with E-state index in [2.05, 4.69) is 0 Å². The molecule has 1 saturated heterocycles. The standard InChI is InChI=1S/C23H23N3O7/c1-24(2)9-4-10-25-20(14-5-3-6-16(11-14)26(30)31)19(22(28)23(25)29)21(27)15-7-8-17-18(12-15)33-13-32-17/h3,5-8,11-12,20,27H,4,9-10,13H2,1-2H3. The lowest BCUT2D eigenvalue weighted by Gasteiger charge is -2.25. The van der Waals surface area contributed by atoms with Gasteiger partial charge in [0.25, 0.3) is 17.4 Å². The predicted octanol–water partition coefficient (Wildman–Crippen LogP) is 2.70. The summed E-state index contributed by atoms with van der Waals surface area (Å²) in [5.41, 5.74) is 0.357. The Morgan fingerprint density at radius 1 is 1.18 bits per heavy atom. The van der Waals surface area contributed by atoms with Gasteiger partial charge >= 0.3 is 0 Å². The largest absolute Gasteiger partial charge is 0.507 e. The summed E-state index contributed by atoms with van der Waals surface area (Å²) in [6, 6.07) is 9.49.